The number of hydrogen-bond donors (Lipinski definition) is 1. The minimum Gasteiger partial charge on any atom is -0.330 e. The molecule has 2 aliphatic carbocycles. The fourth-order valence-electron chi connectivity index (χ4n) is 3.91. The van der Waals surface area contributed by atoms with E-state index < -0.39 is 0 Å². The Morgan fingerprint density at radius 2 is 1.69 bits per heavy atom. The number of nitrogens with two attached hydrogens (primary N) is 1. The van der Waals surface area contributed by atoms with E-state index in [0.29, 0.717) is 5.41 Å². The van der Waals surface area contributed by atoms with Crippen molar-refractivity contribution in [3.63, 3.8) is 0 Å². The molecule has 2 bridgehead atoms. The van der Waals surface area contributed by atoms with Gasteiger partial charge < -0.3 is 5.73 Å². The molecule has 2 fully saturated rings. The molecule has 0 aromatic rings. The van der Waals surface area contributed by atoms with Crippen LogP contribution in [-0.4, -0.2) is 6.54 Å². The van der Waals surface area contributed by atoms with E-state index in [1.165, 1.54) is 32.1 Å². The molecule has 0 heterocycles. The molecule has 0 saturated heterocycles. The summed E-state index contributed by atoms with van der Waals surface area (Å²) in [7, 11) is 0. The van der Waals surface area contributed by atoms with Crippen molar-refractivity contribution in [2.24, 2.45) is 28.9 Å². The summed E-state index contributed by atoms with van der Waals surface area (Å²) in [5, 5.41) is 0. The number of hydrogen-bond acceptors (Lipinski definition) is 1. The third-order valence-corrected chi connectivity index (χ3v) is 4.25. The van der Waals surface area contributed by atoms with Crippen molar-refractivity contribution in [1.82, 2.24) is 0 Å². The van der Waals surface area contributed by atoms with Crippen molar-refractivity contribution in [1.29, 1.82) is 0 Å². The molecule has 2 unspecified atom stereocenters. The molecule has 1 nitrogen and oxygen atoms in total. The van der Waals surface area contributed by atoms with Crippen LogP contribution in [0.15, 0.2) is 0 Å². The lowest BCUT2D eigenvalue weighted by atomic mass is 9.65. The van der Waals surface area contributed by atoms with Gasteiger partial charge in [-0.3, -0.25) is 0 Å². The van der Waals surface area contributed by atoms with E-state index in [0.717, 1.165) is 24.3 Å². The first-order chi connectivity index (χ1) is 6.12. The quantitative estimate of drug-likeness (QED) is 0.696. The predicted molar refractivity (Wildman–Crippen MR) is 56.4 cm³/mol. The van der Waals surface area contributed by atoms with Crippen molar-refractivity contribution in [3.8, 4) is 0 Å². The van der Waals surface area contributed by atoms with Gasteiger partial charge >= 0.3 is 0 Å². The highest BCUT2D eigenvalue weighted by molar-refractivity contribution is 4.95. The van der Waals surface area contributed by atoms with Gasteiger partial charge in [0.1, 0.15) is 0 Å². The van der Waals surface area contributed by atoms with Crippen molar-refractivity contribution < 1.29 is 0 Å². The highest BCUT2D eigenvalue weighted by Crippen LogP contribution is 2.54. The minimum atomic E-state index is 0.622. The van der Waals surface area contributed by atoms with E-state index in [2.05, 4.69) is 13.8 Å². The smallest absolute Gasteiger partial charge is 0.00744 e. The Balaban J connectivity index is 2.04. The van der Waals surface area contributed by atoms with Gasteiger partial charge in [0.25, 0.3) is 0 Å². The molecule has 2 rings (SSSR count). The average Bonchev–Trinajstić information content (AvgIpc) is 2.31. The summed E-state index contributed by atoms with van der Waals surface area (Å²) in [6.45, 7) is 5.78. The van der Waals surface area contributed by atoms with Gasteiger partial charge in [-0.05, 0) is 61.8 Å². The van der Waals surface area contributed by atoms with Crippen LogP contribution in [-0.2, 0) is 0 Å². The maximum Gasteiger partial charge on any atom is -0.00744 e. The fourth-order valence-corrected chi connectivity index (χ4v) is 3.91. The van der Waals surface area contributed by atoms with Crippen molar-refractivity contribution in [3.05, 3.63) is 0 Å². The van der Waals surface area contributed by atoms with Gasteiger partial charge in [-0.25, -0.2) is 0 Å². The Morgan fingerprint density at radius 1 is 1.15 bits per heavy atom. The standard InChI is InChI=1S/C12H23N/c1-12(2)7-9-3-4-10(8-12)11(9)5-6-13/h9-11H,3-8,13H2,1-2H3. The summed E-state index contributed by atoms with van der Waals surface area (Å²) in [6, 6.07) is 0. The van der Waals surface area contributed by atoms with Gasteiger partial charge in [0.2, 0.25) is 0 Å². The van der Waals surface area contributed by atoms with Gasteiger partial charge in [0.05, 0.1) is 0 Å². The first-order valence-corrected chi connectivity index (χ1v) is 5.82. The van der Waals surface area contributed by atoms with Crippen LogP contribution in [0.2, 0.25) is 0 Å². The summed E-state index contributed by atoms with van der Waals surface area (Å²) in [5.41, 5.74) is 6.30. The van der Waals surface area contributed by atoms with E-state index in [9.17, 15) is 0 Å². The van der Waals surface area contributed by atoms with Crippen LogP contribution < -0.4 is 5.73 Å². The lowest BCUT2D eigenvalue weighted by Gasteiger charge is -2.40. The van der Waals surface area contributed by atoms with Crippen LogP contribution in [0.3, 0.4) is 0 Å². The molecule has 13 heavy (non-hydrogen) atoms. The molecule has 2 saturated carbocycles. The average molecular weight is 181 g/mol. The maximum atomic E-state index is 5.68. The molecule has 2 atom stereocenters. The zero-order chi connectivity index (χ0) is 9.47. The third-order valence-electron chi connectivity index (χ3n) is 4.25. The van der Waals surface area contributed by atoms with Crippen LogP contribution in [0.1, 0.15) is 46.0 Å². The Morgan fingerprint density at radius 3 is 2.15 bits per heavy atom. The van der Waals surface area contributed by atoms with Crippen LogP contribution in [0.4, 0.5) is 0 Å². The second-order valence-electron chi connectivity index (χ2n) is 5.91. The molecule has 2 aliphatic rings. The lowest BCUT2D eigenvalue weighted by molar-refractivity contribution is 0.103. The summed E-state index contributed by atoms with van der Waals surface area (Å²) < 4.78 is 0. The normalized spacial score (nSPS) is 42.2. The summed E-state index contributed by atoms with van der Waals surface area (Å²) in [4.78, 5) is 0. The highest BCUT2D eigenvalue weighted by Gasteiger charge is 2.44. The van der Waals surface area contributed by atoms with Crippen molar-refractivity contribution in [2.75, 3.05) is 6.54 Å². The zero-order valence-electron chi connectivity index (χ0n) is 9.05. The Labute approximate surface area is 82.1 Å². The van der Waals surface area contributed by atoms with E-state index in [1.807, 2.05) is 0 Å². The first-order valence-electron chi connectivity index (χ1n) is 5.82. The van der Waals surface area contributed by atoms with Gasteiger partial charge in [-0.15, -0.1) is 0 Å². The molecule has 0 radical (unpaired) electrons. The monoisotopic (exact) mass is 181 g/mol. The van der Waals surface area contributed by atoms with Crippen LogP contribution in [0, 0.1) is 23.2 Å². The fraction of sp³-hybridized carbons (Fsp3) is 1.00. The topological polar surface area (TPSA) is 26.0 Å². The van der Waals surface area contributed by atoms with Crippen molar-refractivity contribution in [2.45, 2.75) is 46.0 Å². The van der Waals surface area contributed by atoms with Gasteiger partial charge in [-0.2, -0.15) is 0 Å². The van der Waals surface area contributed by atoms with Gasteiger partial charge in [0, 0.05) is 0 Å². The van der Waals surface area contributed by atoms with E-state index in [1.54, 1.807) is 0 Å². The largest absolute Gasteiger partial charge is 0.330 e. The first kappa shape index (κ1) is 9.51. The summed E-state index contributed by atoms with van der Waals surface area (Å²) >= 11 is 0. The maximum absolute atomic E-state index is 5.68. The Bertz CT molecular complexity index is 170. The highest BCUT2D eigenvalue weighted by atomic mass is 14.6. The molecular formula is C12H23N. The summed E-state index contributed by atoms with van der Waals surface area (Å²) in [5.74, 6) is 3.01. The lowest BCUT2D eigenvalue weighted by Crippen LogP contribution is -2.32. The van der Waals surface area contributed by atoms with E-state index >= 15 is 0 Å². The molecule has 0 amide bonds. The van der Waals surface area contributed by atoms with E-state index in [4.69, 9.17) is 5.73 Å². The zero-order valence-corrected chi connectivity index (χ0v) is 9.05. The molecule has 0 aromatic heterocycles. The van der Waals surface area contributed by atoms with Crippen LogP contribution in [0.5, 0.6) is 0 Å². The molecule has 0 spiro atoms. The van der Waals surface area contributed by atoms with Crippen LogP contribution in [0.25, 0.3) is 0 Å². The number of fused-ring (bicyclic) bond motifs is 2. The summed E-state index contributed by atoms with van der Waals surface area (Å²) in [6.07, 6.45) is 7.16. The minimum absolute atomic E-state index is 0.622. The third kappa shape index (κ3) is 1.76. The Kier molecular flexibility index (Phi) is 2.39. The number of rotatable bonds is 2. The second kappa shape index (κ2) is 3.27. The SMILES string of the molecule is CC1(C)CC2CCC(C1)C2CCN. The predicted octanol–water partition coefficient (Wildman–Crippen LogP) is 2.80. The molecule has 1 heteroatoms. The molecule has 2 N–H and O–H groups in total. The second-order valence-corrected chi connectivity index (χ2v) is 5.91. The van der Waals surface area contributed by atoms with E-state index in [-0.39, 0.29) is 0 Å². The Hall–Kier alpha value is -0.0400. The van der Waals surface area contributed by atoms with Crippen molar-refractivity contribution >= 4 is 0 Å². The molecule has 0 aliphatic heterocycles. The van der Waals surface area contributed by atoms with Gasteiger partial charge in [-0.1, -0.05) is 13.8 Å². The molecule has 0 aromatic carbocycles. The molecular weight excluding hydrogens is 158 g/mol. The van der Waals surface area contributed by atoms with Crippen LogP contribution >= 0.6 is 0 Å². The van der Waals surface area contributed by atoms with Gasteiger partial charge in [0.15, 0.2) is 0 Å². The molecule has 76 valence electrons.